The average Bonchev–Trinajstić information content (AvgIpc) is 2.60. The van der Waals surface area contributed by atoms with E-state index in [9.17, 15) is 4.79 Å². The monoisotopic (exact) mass is 201 g/mol. The van der Waals surface area contributed by atoms with Crippen molar-refractivity contribution in [2.75, 3.05) is 13.2 Å². The summed E-state index contributed by atoms with van der Waals surface area (Å²) in [5.41, 5.74) is 0. The maximum atomic E-state index is 11.6. The largest absolute Gasteiger partial charge is 0.394 e. The van der Waals surface area contributed by atoms with Crippen LogP contribution in [0.3, 0.4) is 0 Å². The molecule has 0 spiro atoms. The van der Waals surface area contributed by atoms with Gasteiger partial charge in [0, 0.05) is 6.61 Å². The molecule has 0 aromatic heterocycles. The van der Waals surface area contributed by atoms with Crippen molar-refractivity contribution in [3.63, 3.8) is 0 Å². The molecular weight excluding hydrogens is 182 g/mol. The highest BCUT2D eigenvalue weighted by atomic mass is 16.5. The Morgan fingerprint density at radius 3 is 2.86 bits per heavy atom. The second-order valence-corrected chi connectivity index (χ2v) is 3.85. The van der Waals surface area contributed by atoms with Gasteiger partial charge in [-0.15, -0.1) is 0 Å². The van der Waals surface area contributed by atoms with E-state index >= 15 is 0 Å². The third-order valence-corrected chi connectivity index (χ3v) is 2.71. The lowest BCUT2D eigenvalue weighted by atomic mass is 10.0. The molecule has 1 aliphatic heterocycles. The van der Waals surface area contributed by atoms with Crippen molar-refractivity contribution in [3.8, 4) is 0 Å². The molecule has 0 aromatic rings. The zero-order chi connectivity index (χ0) is 10.6. The number of amides is 1. The first-order chi connectivity index (χ1) is 6.69. The van der Waals surface area contributed by atoms with Crippen molar-refractivity contribution in [2.45, 2.75) is 38.8 Å². The molecule has 4 heteroatoms. The number of aliphatic hydroxyl groups excluding tert-OH is 1. The molecule has 82 valence electrons. The van der Waals surface area contributed by atoms with Crippen LogP contribution in [0.15, 0.2) is 0 Å². The predicted octanol–water partition coefficient (Wildman–Crippen LogP) is 0.298. The number of carbonyl (C=O) groups excluding carboxylic acids is 1. The van der Waals surface area contributed by atoms with Crippen LogP contribution in [0.25, 0.3) is 0 Å². The Labute approximate surface area is 84.6 Å². The second-order valence-electron chi connectivity index (χ2n) is 3.85. The van der Waals surface area contributed by atoms with Gasteiger partial charge in [0.15, 0.2) is 0 Å². The predicted molar refractivity (Wildman–Crippen MR) is 52.8 cm³/mol. The maximum Gasteiger partial charge on any atom is 0.249 e. The van der Waals surface area contributed by atoms with Crippen LogP contribution in [0, 0.1) is 5.92 Å². The molecule has 0 aliphatic carbocycles. The van der Waals surface area contributed by atoms with Gasteiger partial charge in [0.05, 0.1) is 12.6 Å². The molecule has 1 amide bonds. The molecule has 1 saturated heterocycles. The minimum Gasteiger partial charge on any atom is -0.394 e. The Bertz CT molecular complexity index is 192. The van der Waals surface area contributed by atoms with Crippen molar-refractivity contribution in [1.82, 2.24) is 5.32 Å². The zero-order valence-electron chi connectivity index (χ0n) is 8.82. The molecule has 2 unspecified atom stereocenters. The molecule has 0 bridgehead atoms. The van der Waals surface area contributed by atoms with E-state index in [4.69, 9.17) is 9.84 Å². The molecule has 0 aromatic carbocycles. The highest BCUT2D eigenvalue weighted by molar-refractivity contribution is 5.81. The van der Waals surface area contributed by atoms with Crippen LogP contribution in [-0.2, 0) is 9.53 Å². The summed E-state index contributed by atoms with van der Waals surface area (Å²) in [6, 6.07) is -0.140. The van der Waals surface area contributed by atoms with Crippen molar-refractivity contribution < 1.29 is 14.6 Å². The first kappa shape index (κ1) is 11.5. The van der Waals surface area contributed by atoms with E-state index in [-0.39, 0.29) is 30.6 Å². The summed E-state index contributed by atoms with van der Waals surface area (Å²) in [6.45, 7) is 4.59. The lowest BCUT2D eigenvalue weighted by Crippen LogP contribution is -2.44. The fourth-order valence-electron chi connectivity index (χ4n) is 1.59. The summed E-state index contributed by atoms with van der Waals surface area (Å²) in [5, 5.41) is 11.7. The van der Waals surface area contributed by atoms with Crippen LogP contribution >= 0.6 is 0 Å². The third kappa shape index (κ3) is 2.69. The maximum absolute atomic E-state index is 11.6. The normalized spacial score (nSPS) is 28.8. The molecule has 1 heterocycles. The third-order valence-electron chi connectivity index (χ3n) is 2.71. The highest BCUT2D eigenvalue weighted by Crippen LogP contribution is 2.20. The van der Waals surface area contributed by atoms with Gasteiger partial charge < -0.3 is 15.2 Å². The summed E-state index contributed by atoms with van der Waals surface area (Å²) in [7, 11) is 0. The number of nitrogens with one attached hydrogen (secondary N) is 1. The van der Waals surface area contributed by atoms with Gasteiger partial charge in [0.25, 0.3) is 0 Å². The number of aliphatic hydroxyl groups is 1. The van der Waals surface area contributed by atoms with Crippen LogP contribution in [0.1, 0.15) is 26.7 Å². The first-order valence-corrected chi connectivity index (χ1v) is 5.21. The number of hydrogen-bond donors (Lipinski definition) is 2. The minimum atomic E-state index is -0.324. The molecule has 14 heavy (non-hydrogen) atoms. The first-order valence-electron chi connectivity index (χ1n) is 5.21. The average molecular weight is 201 g/mol. The molecule has 2 N–H and O–H groups in total. The molecular formula is C10H19NO3. The fourth-order valence-corrected chi connectivity index (χ4v) is 1.59. The van der Waals surface area contributed by atoms with Crippen LogP contribution in [-0.4, -0.2) is 36.4 Å². The van der Waals surface area contributed by atoms with Crippen molar-refractivity contribution in [2.24, 2.45) is 5.92 Å². The molecule has 1 aliphatic rings. The number of ether oxygens (including phenoxy) is 1. The summed E-state index contributed by atoms with van der Waals surface area (Å²) < 4.78 is 5.32. The van der Waals surface area contributed by atoms with E-state index in [2.05, 4.69) is 5.32 Å². The van der Waals surface area contributed by atoms with E-state index in [0.717, 1.165) is 12.8 Å². The van der Waals surface area contributed by atoms with Gasteiger partial charge >= 0.3 is 0 Å². The van der Waals surface area contributed by atoms with E-state index in [1.807, 2.05) is 13.8 Å². The van der Waals surface area contributed by atoms with Gasteiger partial charge in [-0.25, -0.2) is 0 Å². The standard InChI is InChI=1S/C10H19NO3/c1-3-8(6-12)11-10(13)9-7(2)4-5-14-9/h7-9,12H,3-6H2,1-2H3,(H,11,13)/t7?,8-,9?/m1/s1. The van der Waals surface area contributed by atoms with Gasteiger partial charge in [-0.2, -0.15) is 0 Å². The lowest BCUT2D eigenvalue weighted by molar-refractivity contribution is -0.132. The fraction of sp³-hybridized carbons (Fsp3) is 0.900. The topological polar surface area (TPSA) is 58.6 Å². The zero-order valence-corrected chi connectivity index (χ0v) is 8.82. The highest BCUT2D eigenvalue weighted by Gasteiger charge is 2.31. The van der Waals surface area contributed by atoms with E-state index in [1.165, 1.54) is 0 Å². The van der Waals surface area contributed by atoms with Crippen LogP contribution < -0.4 is 5.32 Å². The number of hydrogen-bond acceptors (Lipinski definition) is 3. The van der Waals surface area contributed by atoms with Crippen molar-refractivity contribution in [3.05, 3.63) is 0 Å². The quantitative estimate of drug-likeness (QED) is 0.687. The van der Waals surface area contributed by atoms with Crippen molar-refractivity contribution >= 4 is 5.91 Å². The Hall–Kier alpha value is -0.610. The van der Waals surface area contributed by atoms with E-state index in [1.54, 1.807) is 0 Å². The van der Waals surface area contributed by atoms with Gasteiger partial charge in [0.1, 0.15) is 6.10 Å². The van der Waals surface area contributed by atoms with Crippen LogP contribution in [0.5, 0.6) is 0 Å². The minimum absolute atomic E-state index is 0.0106. The smallest absolute Gasteiger partial charge is 0.249 e. The molecule has 0 radical (unpaired) electrons. The van der Waals surface area contributed by atoms with Crippen LogP contribution in [0.2, 0.25) is 0 Å². The van der Waals surface area contributed by atoms with Crippen molar-refractivity contribution in [1.29, 1.82) is 0 Å². The second kappa shape index (κ2) is 5.32. The Balaban J connectivity index is 2.40. The van der Waals surface area contributed by atoms with Gasteiger partial charge in [-0.3, -0.25) is 4.79 Å². The molecule has 1 fully saturated rings. The SMILES string of the molecule is CC[C@H](CO)NC(=O)C1OCCC1C. The van der Waals surface area contributed by atoms with Gasteiger partial charge in [-0.1, -0.05) is 13.8 Å². The number of rotatable bonds is 4. The summed E-state index contributed by atoms with van der Waals surface area (Å²) in [4.78, 5) is 11.6. The van der Waals surface area contributed by atoms with E-state index < -0.39 is 0 Å². The van der Waals surface area contributed by atoms with Crippen LogP contribution in [0.4, 0.5) is 0 Å². The Morgan fingerprint density at radius 1 is 1.71 bits per heavy atom. The number of carbonyl (C=O) groups is 1. The molecule has 0 saturated carbocycles. The molecule has 4 nitrogen and oxygen atoms in total. The molecule has 1 rings (SSSR count). The van der Waals surface area contributed by atoms with Gasteiger partial charge in [0.2, 0.25) is 5.91 Å². The summed E-state index contributed by atoms with van der Waals surface area (Å²) in [5.74, 6) is 0.196. The summed E-state index contributed by atoms with van der Waals surface area (Å²) >= 11 is 0. The van der Waals surface area contributed by atoms with E-state index in [0.29, 0.717) is 6.61 Å². The molecule has 3 atom stereocenters. The lowest BCUT2D eigenvalue weighted by Gasteiger charge is -2.19. The summed E-state index contributed by atoms with van der Waals surface area (Å²) in [6.07, 6.45) is 1.35. The Kier molecular flexibility index (Phi) is 4.35. The van der Waals surface area contributed by atoms with Gasteiger partial charge in [-0.05, 0) is 18.8 Å². The Morgan fingerprint density at radius 2 is 2.43 bits per heavy atom.